The van der Waals surface area contributed by atoms with E-state index >= 15 is 0 Å². The Bertz CT molecular complexity index is 701. The number of nitrogens with one attached hydrogen (secondary N) is 1. The number of para-hydroxylation sites is 1. The molecule has 144 valence electrons. The molecule has 1 N–H and O–H groups in total. The molecule has 1 heterocycles. The number of nitrogens with zero attached hydrogens (tertiary/aromatic N) is 2. The van der Waals surface area contributed by atoms with Crippen LogP contribution in [0.15, 0.2) is 59.5 Å². The minimum Gasteiger partial charge on any atom is -0.492 e. The second kappa shape index (κ2) is 10.2. The molecule has 0 atom stereocenters. The summed E-state index contributed by atoms with van der Waals surface area (Å²) in [5, 5.41) is 3.02. The first-order valence-corrected chi connectivity index (χ1v) is 10.5. The van der Waals surface area contributed by atoms with E-state index in [1.54, 1.807) is 11.8 Å². The number of rotatable bonds is 7. The Morgan fingerprint density at radius 2 is 1.74 bits per heavy atom. The average molecular weight is 386 g/mol. The van der Waals surface area contributed by atoms with Crippen LogP contribution in [0.2, 0.25) is 0 Å². The van der Waals surface area contributed by atoms with E-state index in [1.165, 1.54) is 4.90 Å². The highest BCUT2D eigenvalue weighted by molar-refractivity contribution is 7.98. The van der Waals surface area contributed by atoms with Gasteiger partial charge in [0.25, 0.3) is 0 Å². The highest BCUT2D eigenvalue weighted by atomic mass is 32.2. The van der Waals surface area contributed by atoms with E-state index in [2.05, 4.69) is 40.7 Å². The summed E-state index contributed by atoms with van der Waals surface area (Å²) in [6.07, 6.45) is 2.06. The molecule has 0 spiro atoms. The molecule has 0 radical (unpaired) electrons. The molecule has 6 heteroatoms. The molecule has 1 aliphatic rings. The second-order valence-corrected chi connectivity index (χ2v) is 7.38. The zero-order chi connectivity index (χ0) is 18.9. The number of carbonyl (C=O) groups is 1. The van der Waals surface area contributed by atoms with Gasteiger partial charge in [-0.1, -0.05) is 30.3 Å². The van der Waals surface area contributed by atoms with Gasteiger partial charge in [-0.2, -0.15) is 0 Å². The summed E-state index contributed by atoms with van der Waals surface area (Å²) in [6.45, 7) is 5.39. The van der Waals surface area contributed by atoms with Gasteiger partial charge in [-0.3, -0.25) is 4.90 Å². The molecule has 0 saturated carbocycles. The molecule has 0 aromatic heterocycles. The molecule has 1 aliphatic heterocycles. The highest BCUT2D eigenvalue weighted by Crippen LogP contribution is 2.15. The first kappa shape index (κ1) is 19.6. The molecule has 27 heavy (non-hydrogen) atoms. The minimum absolute atomic E-state index is 0.0177. The number of carbonyl (C=O) groups excluding carboxylic acids is 1. The van der Waals surface area contributed by atoms with Crippen molar-refractivity contribution < 1.29 is 9.53 Å². The summed E-state index contributed by atoms with van der Waals surface area (Å²) in [4.78, 5) is 17.8. The van der Waals surface area contributed by atoms with Crippen LogP contribution in [0, 0.1) is 0 Å². The fourth-order valence-electron chi connectivity index (χ4n) is 3.02. The average Bonchev–Trinajstić information content (AvgIpc) is 2.73. The van der Waals surface area contributed by atoms with Gasteiger partial charge in [-0.25, -0.2) is 4.79 Å². The first-order valence-electron chi connectivity index (χ1n) is 9.30. The lowest BCUT2D eigenvalue weighted by molar-refractivity contribution is 0.126. The number of hydrogen-bond acceptors (Lipinski definition) is 4. The van der Waals surface area contributed by atoms with Crippen molar-refractivity contribution in [3.8, 4) is 5.75 Å². The maximum atomic E-state index is 12.4. The van der Waals surface area contributed by atoms with E-state index in [9.17, 15) is 4.79 Å². The predicted octanol–water partition coefficient (Wildman–Crippen LogP) is 3.31. The van der Waals surface area contributed by atoms with Crippen LogP contribution in [0.5, 0.6) is 5.75 Å². The molecule has 1 saturated heterocycles. The van der Waals surface area contributed by atoms with E-state index in [1.807, 2.05) is 35.2 Å². The predicted molar refractivity (Wildman–Crippen MR) is 110 cm³/mol. The van der Waals surface area contributed by atoms with Crippen LogP contribution < -0.4 is 10.1 Å². The van der Waals surface area contributed by atoms with Gasteiger partial charge in [0.05, 0.1) is 0 Å². The van der Waals surface area contributed by atoms with Crippen LogP contribution >= 0.6 is 11.8 Å². The summed E-state index contributed by atoms with van der Waals surface area (Å²) in [5.74, 6) is 0.904. The first-order chi connectivity index (χ1) is 13.2. The molecular weight excluding hydrogens is 358 g/mol. The molecule has 5 nitrogen and oxygen atoms in total. The standard InChI is InChI=1S/C21H27N3O2S/c1-27-20-9-7-18(8-10-20)17-22-21(25)24-13-11-23(12-14-24)15-16-26-19-5-3-2-4-6-19/h2-10H,11-17H2,1H3,(H,22,25). The minimum atomic E-state index is 0.0177. The monoisotopic (exact) mass is 385 g/mol. The van der Waals surface area contributed by atoms with Crippen LogP contribution in [-0.4, -0.2) is 61.4 Å². The van der Waals surface area contributed by atoms with Crippen molar-refractivity contribution in [3.63, 3.8) is 0 Å². The van der Waals surface area contributed by atoms with Crippen molar-refractivity contribution in [2.24, 2.45) is 0 Å². The van der Waals surface area contributed by atoms with Gasteiger partial charge in [0.2, 0.25) is 0 Å². The van der Waals surface area contributed by atoms with Gasteiger partial charge >= 0.3 is 6.03 Å². The fraction of sp³-hybridized carbons (Fsp3) is 0.381. The lowest BCUT2D eigenvalue weighted by Gasteiger charge is -2.34. The van der Waals surface area contributed by atoms with Gasteiger partial charge in [-0.15, -0.1) is 11.8 Å². The number of ether oxygens (including phenoxy) is 1. The zero-order valence-corrected chi connectivity index (χ0v) is 16.6. The van der Waals surface area contributed by atoms with Crippen LogP contribution in [-0.2, 0) is 6.54 Å². The van der Waals surface area contributed by atoms with E-state index in [0.29, 0.717) is 13.2 Å². The maximum absolute atomic E-state index is 12.4. The van der Waals surface area contributed by atoms with E-state index in [-0.39, 0.29) is 6.03 Å². The molecule has 2 aromatic carbocycles. The van der Waals surface area contributed by atoms with Gasteiger partial charge in [0.1, 0.15) is 12.4 Å². The second-order valence-electron chi connectivity index (χ2n) is 6.50. The molecule has 2 aromatic rings. The summed E-state index contributed by atoms with van der Waals surface area (Å²) in [5.41, 5.74) is 1.12. The van der Waals surface area contributed by atoms with E-state index in [0.717, 1.165) is 44.0 Å². The Labute approximate surface area is 165 Å². The van der Waals surface area contributed by atoms with E-state index in [4.69, 9.17) is 4.74 Å². The Hall–Kier alpha value is -2.18. The maximum Gasteiger partial charge on any atom is 0.317 e. The SMILES string of the molecule is CSc1ccc(CNC(=O)N2CCN(CCOc3ccccc3)CC2)cc1. The van der Waals surface area contributed by atoms with Crippen molar-refractivity contribution in [2.75, 3.05) is 45.6 Å². The zero-order valence-electron chi connectivity index (χ0n) is 15.8. The summed E-state index contributed by atoms with van der Waals surface area (Å²) < 4.78 is 5.75. The quantitative estimate of drug-likeness (QED) is 0.743. The lowest BCUT2D eigenvalue weighted by atomic mass is 10.2. The normalized spacial score (nSPS) is 14.8. The van der Waals surface area contributed by atoms with Crippen molar-refractivity contribution >= 4 is 17.8 Å². The third-order valence-corrected chi connectivity index (χ3v) is 5.43. The van der Waals surface area contributed by atoms with Crippen molar-refractivity contribution in [1.82, 2.24) is 15.1 Å². The lowest BCUT2D eigenvalue weighted by Crippen LogP contribution is -2.52. The van der Waals surface area contributed by atoms with Crippen molar-refractivity contribution in [3.05, 3.63) is 60.2 Å². The summed E-state index contributed by atoms with van der Waals surface area (Å²) >= 11 is 1.72. The van der Waals surface area contributed by atoms with Gasteiger partial charge < -0.3 is 15.0 Å². The molecule has 0 bridgehead atoms. The summed E-state index contributed by atoms with van der Waals surface area (Å²) in [6, 6.07) is 18.2. The molecule has 3 rings (SSSR count). The number of hydrogen-bond donors (Lipinski definition) is 1. The number of amides is 2. The largest absolute Gasteiger partial charge is 0.492 e. The number of urea groups is 1. The van der Waals surface area contributed by atoms with Gasteiger partial charge in [0.15, 0.2) is 0 Å². The number of piperazine rings is 1. The topological polar surface area (TPSA) is 44.8 Å². The van der Waals surface area contributed by atoms with Gasteiger partial charge in [0, 0.05) is 44.2 Å². The van der Waals surface area contributed by atoms with Crippen LogP contribution in [0.25, 0.3) is 0 Å². The Morgan fingerprint density at radius 1 is 1.04 bits per heavy atom. The molecule has 0 aliphatic carbocycles. The molecule has 2 amide bonds. The van der Waals surface area contributed by atoms with Crippen LogP contribution in [0.4, 0.5) is 4.79 Å². The molecular formula is C21H27N3O2S. The molecule has 1 fully saturated rings. The van der Waals surface area contributed by atoms with Crippen molar-refractivity contribution in [2.45, 2.75) is 11.4 Å². The summed E-state index contributed by atoms with van der Waals surface area (Å²) in [7, 11) is 0. The highest BCUT2D eigenvalue weighted by Gasteiger charge is 2.20. The van der Waals surface area contributed by atoms with Crippen LogP contribution in [0.3, 0.4) is 0 Å². The van der Waals surface area contributed by atoms with E-state index < -0.39 is 0 Å². The number of benzene rings is 2. The Kier molecular flexibility index (Phi) is 7.42. The van der Waals surface area contributed by atoms with Gasteiger partial charge in [-0.05, 0) is 36.1 Å². The Morgan fingerprint density at radius 3 is 2.41 bits per heavy atom. The Balaban J connectivity index is 1.33. The fourth-order valence-corrected chi connectivity index (χ4v) is 3.42. The van der Waals surface area contributed by atoms with Crippen molar-refractivity contribution in [1.29, 1.82) is 0 Å². The van der Waals surface area contributed by atoms with Crippen LogP contribution in [0.1, 0.15) is 5.56 Å². The number of thioether (sulfide) groups is 1. The third-order valence-electron chi connectivity index (χ3n) is 4.68. The smallest absolute Gasteiger partial charge is 0.317 e. The third kappa shape index (κ3) is 6.19. The molecule has 0 unspecified atom stereocenters.